The van der Waals surface area contributed by atoms with Crippen LogP contribution >= 0.6 is 0 Å². The molecule has 0 aromatic carbocycles. The standard InChI is InChI=1S/C14H25NO3/c1-5-15(14(3,4)13(17)18)12(16)11-8-6-10(2)7-9-11/h10-11H,5-9H2,1-4H3,(H,17,18). The number of carboxylic acids is 1. The molecule has 0 spiro atoms. The summed E-state index contributed by atoms with van der Waals surface area (Å²) in [6, 6.07) is 0. The number of hydrogen-bond acceptors (Lipinski definition) is 2. The van der Waals surface area contributed by atoms with Crippen LogP contribution in [-0.2, 0) is 9.59 Å². The van der Waals surface area contributed by atoms with Gasteiger partial charge in [-0.05, 0) is 52.4 Å². The Balaban J connectivity index is 2.77. The third kappa shape index (κ3) is 3.03. The van der Waals surface area contributed by atoms with Gasteiger partial charge in [0.1, 0.15) is 5.54 Å². The van der Waals surface area contributed by atoms with Gasteiger partial charge in [-0.25, -0.2) is 4.79 Å². The number of aliphatic carboxylic acids is 1. The van der Waals surface area contributed by atoms with E-state index >= 15 is 0 Å². The number of carbonyl (C=O) groups excluding carboxylic acids is 1. The fourth-order valence-corrected chi connectivity index (χ4v) is 2.67. The van der Waals surface area contributed by atoms with Gasteiger partial charge in [-0.3, -0.25) is 4.79 Å². The van der Waals surface area contributed by atoms with E-state index < -0.39 is 11.5 Å². The van der Waals surface area contributed by atoms with E-state index in [1.54, 1.807) is 13.8 Å². The zero-order chi connectivity index (χ0) is 13.9. The minimum atomic E-state index is -1.12. The van der Waals surface area contributed by atoms with Crippen LogP contribution in [0.2, 0.25) is 0 Å². The molecule has 0 aromatic rings. The lowest BCUT2D eigenvalue weighted by atomic mass is 9.81. The van der Waals surface area contributed by atoms with E-state index in [1.807, 2.05) is 6.92 Å². The number of nitrogens with zero attached hydrogens (tertiary/aromatic N) is 1. The second kappa shape index (κ2) is 5.72. The Labute approximate surface area is 109 Å². The molecule has 4 nitrogen and oxygen atoms in total. The number of carbonyl (C=O) groups is 2. The lowest BCUT2D eigenvalue weighted by molar-refractivity contribution is -0.159. The summed E-state index contributed by atoms with van der Waals surface area (Å²) in [4.78, 5) is 25.2. The minimum Gasteiger partial charge on any atom is -0.480 e. The highest BCUT2D eigenvalue weighted by molar-refractivity contribution is 5.87. The van der Waals surface area contributed by atoms with Crippen LogP contribution in [-0.4, -0.2) is 34.0 Å². The van der Waals surface area contributed by atoms with Crippen LogP contribution in [0.15, 0.2) is 0 Å². The predicted octanol–water partition coefficient (Wildman–Crippen LogP) is 2.52. The highest BCUT2D eigenvalue weighted by Gasteiger charge is 2.39. The number of likely N-dealkylation sites (N-methyl/N-ethyl adjacent to an activating group) is 1. The summed E-state index contributed by atoms with van der Waals surface area (Å²) >= 11 is 0. The highest BCUT2D eigenvalue weighted by atomic mass is 16.4. The van der Waals surface area contributed by atoms with Crippen LogP contribution in [0.1, 0.15) is 53.4 Å². The summed E-state index contributed by atoms with van der Waals surface area (Å²) in [7, 11) is 0. The van der Waals surface area contributed by atoms with Crippen molar-refractivity contribution in [2.75, 3.05) is 6.54 Å². The van der Waals surface area contributed by atoms with Crippen molar-refractivity contribution in [3.8, 4) is 0 Å². The van der Waals surface area contributed by atoms with Crippen LogP contribution in [0.4, 0.5) is 0 Å². The van der Waals surface area contributed by atoms with E-state index in [-0.39, 0.29) is 11.8 Å². The molecular weight excluding hydrogens is 230 g/mol. The van der Waals surface area contributed by atoms with E-state index in [0.717, 1.165) is 25.7 Å². The summed E-state index contributed by atoms with van der Waals surface area (Å²) in [5.41, 5.74) is -1.12. The molecule has 4 heteroatoms. The van der Waals surface area contributed by atoms with Gasteiger partial charge in [0.2, 0.25) is 5.91 Å². The first-order valence-corrected chi connectivity index (χ1v) is 6.85. The molecule has 0 bridgehead atoms. The molecule has 0 radical (unpaired) electrons. The van der Waals surface area contributed by atoms with Gasteiger partial charge in [-0.15, -0.1) is 0 Å². The molecule has 0 saturated heterocycles. The maximum atomic E-state index is 12.4. The van der Waals surface area contributed by atoms with Crippen LogP contribution in [0.25, 0.3) is 0 Å². The smallest absolute Gasteiger partial charge is 0.329 e. The number of amides is 1. The molecule has 1 saturated carbocycles. The zero-order valence-electron chi connectivity index (χ0n) is 11.9. The summed E-state index contributed by atoms with van der Waals surface area (Å²) in [5, 5.41) is 9.24. The molecule has 1 N–H and O–H groups in total. The predicted molar refractivity (Wildman–Crippen MR) is 70.2 cm³/mol. The topological polar surface area (TPSA) is 57.6 Å². The second-order valence-corrected chi connectivity index (χ2v) is 5.90. The molecule has 0 aliphatic heterocycles. The molecule has 0 atom stereocenters. The SMILES string of the molecule is CCN(C(=O)C1CCC(C)CC1)C(C)(C)C(=O)O. The maximum absolute atomic E-state index is 12.4. The van der Waals surface area contributed by atoms with Gasteiger partial charge >= 0.3 is 5.97 Å². The van der Waals surface area contributed by atoms with E-state index in [1.165, 1.54) is 4.90 Å². The van der Waals surface area contributed by atoms with Crippen LogP contribution < -0.4 is 0 Å². The molecule has 1 amide bonds. The molecule has 1 fully saturated rings. The summed E-state index contributed by atoms with van der Waals surface area (Å²) in [5.74, 6) is -0.227. The lowest BCUT2D eigenvalue weighted by Gasteiger charge is -2.38. The monoisotopic (exact) mass is 255 g/mol. The van der Waals surface area contributed by atoms with Crippen molar-refractivity contribution in [2.24, 2.45) is 11.8 Å². The average molecular weight is 255 g/mol. The third-order valence-electron chi connectivity index (χ3n) is 4.15. The lowest BCUT2D eigenvalue weighted by Crippen LogP contribution is -2.54. The van der Waals surface area contributed by atoms with Gasteiger partial charge in [0.25, 0.3) is 0 Å². The molecular formula is C14H25NO3. The Morgan fingerprint density at radius 1 is 1.22 bits per heavy atom. The molecule has 0 heterocycles. The first-order valence-electron chi connectivity index (χ1n) is 6.85. The summed E-state index contributed by atoms with van der Waals surface area (Å²) in [6.07, 6.45) is 3.93. The average Bonchev–Trinajstić information content (AvgIpc) is 2.30. The summed E-state index contributed by atoms with van der Waals surface area (Å²) < 4.78 is 0. The Bertz CT molecular complexity index is 317. The van der Waals surface area contributed by atoms with Gasteiger partial charge in [-0.1, -0.05) is 6.92 Å². The Morgan fingerprint density at radius 2 is 1.72 bits per heavy atom. The number of rotatable bonds is 4. The Morgan fingerprint density at radius 3 is 2.11 bits per heavy atom. The van der Waals surface area contributed by atoms with Crippen molar-refractivity contribution >= 4 is 11.9 Å². The molecule has 0 aromatic heterocycles. The van der Waals surface area contributed by atoms with E-state index in [4.69, 9.17) is 0 Å². The van der Waals surface area contributed by atoms with Gasteiger partial charge < -0.3 is 10.0 Å². The maximum Gasteiger partial charge on any atom is 0.329 e. The molecule has 0 unspecified atom stereocenters. The van der Waals surface area contributed by atoms with Gasteiger partial charge in [0.15, 0.2) is 0 Å². The van der Waals surface area contributed by atoms with Crippen LogP contribution in [0.5, 0.6) is 0 Å². The number of carboxylic acid groups (broad SMARTS) is 1. The fourth-order valence-electron chi connectivity index (χ4n) is 2.67. The van der Waals surface area contributed by atoms with Gasteiger partial charge in [0.05, 0.1) is 0 Å². The van der Waals surface area contributed by atoms with Crippen molar-refractivity contribution in [1.29, 1.82) is 0 Å². The van der Waals surface area contributed by atoms with Crippen molar-refractivity contribution in [3.05, 3.63) is 0 Å². The third-order valence-corrected chi connectivity index (χ3v) is 4.15. The van der Waals surface area contributed by atoms with Crippen LogP contribution in [0, 0.1) is 11.8 Å². The van der Waals surface area contributed by atoms with Crippen molar-refractivity contribution in [2.45, 2.75) is 58.9 Å². The normalized spacial score (nSPS) is 24.7. The van der Waals surface area contributed by atoms with E-state index in [0.29, 0.717) is 12.5 Å². The van der Waals surface area contributed by atoms with Crippen molar-refractivity contribution < 1.29 is 14.7 Å². The minimum absolute atomic E-state index is 0.0109. The Hall–Kier alpha value is -1.06. The van der Waals surface area contributed by atoms with Crippen molar-refractivity contribution in [1.82, 2.24) is 4.90 Å². The molecule has 1 aliphatic rings. The highest BCUT2D eigenvalue weighted by Crippen LogP contribution is 2.31. The summed E-state index contributed by atoms with van der Waals surface area (Å²) in [6.45, 7) is 7.70. The van der Waals surface area contributed by atoms with Gasteiger partial charge in [-0.2, -0.15) is 0 Å². The fraction of sp³-hybridized carbons (Fsp3) is 0.857. The molecule has 104 valence electrons. The largest absolute Gasteiger partial charge is 0.480 e. The first-order chi connectivity index (χ1) is 8.30. The molecule has 18 heavy (non-hydrogen) atoms. The quantitative estimate of drug-likeness (QED) is 0.839. The van der Waals surface area contributed by atoms with Crippen molar-refractivity contribution in [3.63, 3.8) is 0 Å². The second-order valence-electron chi connectivity index (χ2n) is 5.90. The Kier molecular flexibility index (Phi) is 4.77. The first kappa shape index (κ1) is 15.0. The zero-order valence-corrected chi connectivity index (χ0v) is 11.9. The molecule has 1 aliphatic carbocycles. The van der Waals surface area contributed by atoms with Crippen LogP contribution in [0.3, 0.4) is 0 Å². The number of hydrogen-bond donors (Lipinski definition) is 1. The van der Waals surface area contributed by atoms with Gasteiger partial charge in [0, 0.05) is 12.5 Å². The van der Waals surface area contributed by atoms with E-state index in [2.05, 4.69) is 6.92 Å². The van der Waals surface area contributed by atoms with E-state index in [9.17, 15) is 14.7 Å². The molecule has 1 rings (SSSR count).